The van der Waals surface area contributed by atoms with Gasteiger partial charge < -0.3 is 10.2 Å². The van der Waals surface area contributed by atoms with E-state index in [1.54, 1.807) is 0 Å². The molecule has 2 aliphatic heterocycles. The van der Waals surface area contributed by atoms with Gasteiger partial charge in [-0.25, -0.2) is 0 Å². The first kappa shape index (κ1) is 17.5. The lowest BCUT2D eigenvalue weighted by Crippen LogP contribution is -2.55. The molecule has 1 N–H and O–H groups in total. The Balaban J connectivity index is 1.28. The van der Waals surface area contributed by atoms with Gasteiger partial charge >= 0.3 is 0 Å². The molecule has 4 rings (SSSR count). The molecule has 1 atom stereocenters. The van der Waals surface area contributed by atoms with Crippen molar-refractivity contribution in [3.05, 3.63) is 29.8 Å². The summed E-state index contributed by atoms with van der Waals surface area (Å²) in [5.41, 5.74) is 2.33. The van der Waals surface area contributed by atoms with Crippen LogP contribution < -0.4 is 10.2 Å². The summed E-state index contributed by atoms with van der Waals surface area (Å²) in [6.45, 7) is 6.62. The average molecular weight is 356 g/mol. The number of nitrogens with zero attached hydrogens (tertiary/aromatic N) is 3. The van der Waals surface area contributed by atoms with Crippen molar-refractivity contribution in [1.29, 1.82) is 0 Å². The predicted octanol–water partition coefficient (Wildman–Crippen LogP) is 0.860. The van der Waals surface area contributed by atoms with Gasteiger partial charge in [0, 0.05) is 44.5 Å². The summed E-state index contributed by atoms with van der Waals surface area (Å²) < 4.78 is 0. The second kappa shape index (κ2) is 7.37. The highest BCUT2D eigenvalue weighted by atomic mass is 16.2. The lowest BCUT2D eigenvalue weighted by atomic mass is 10.1. The molecule has 0 spiro atoms. The van der Waals surface area contributed by atoms with E-state index in [1.807, 2.05) is 30.0 Å². The van der Waals surface area contributed by atoms with Gasteiger partial charge in [-0.1, -0.05) is 18.2 Å². The molecule has 1 aromatic carbocycles. The fourth-order valence-corrected chi connectivity index (χ4v) is 3.96. The molecule has 1 aromatic rings. The minimum absolute atomic E-state index is 0.122. The van der Waals surface area contributed by atoms with E-state index in [-0.39, 0.29) is 17.9 Å². The lowest BCUT2D eigenvalue weighted by molar-refractivity contribution is -0.126. The van der Waals surface area contributed by atoms with Crippen molar-refractivity contribution in [2.24, 2.45) is 0 Å². The maximum Gasteiger partial charge on any atom is 0.244 e. The van der Waals surface area contributed by atoms with Crippen LogP contribution >= 0.6 is 0 Å². The third-order valence-corrected chi connectivity index (χ3v) is 5.77. The van der Waals surface area contributed by atoms with Crippen molar-refractivity contribution >= 4 is 17.5 Å². The van der Waals surface area contributed by atoms with Crippen molar-refractivity contribution in [3.63, 3.8) is 0 Å². The highest BCUT2D eigenvalue weighted by molar-refractivity contribution is 5.98. The number of rotatable bonds is 5. The van der Waals surface area contributed by atoms with Gasteiger partial charge in [-0.2, -0.15) is 0 Å². The summed E-state index contributed by atoms with van der Waals surface area (Å²) in [4.78, 5) is 31.3. The van der Waals surface area contributed by atoms with Crippen LogP contribution in [0.2, 0.25) is 0 Å². The predicted molar refractivity (Wildman–Crippen MR) is 101 cm³/mol. The molecule has 26 heavy (non-hydrogen) atoms. The quantitative estimate of drug-likeness (QED) is 0.850. The van der Waals surface area contributed by atoms with Crippen LogP contribution in [0.1, 0.15) is 25.3 Å². The zero-order valence-corrected chi connectivity index (χ0v) is 15.5. The first-order valence-corrected chi connectivity index (χ1v) is 9.77. The van der Waals surface area contributed by atoms with Gasteiger partial charge in [0.05, 0.1) is 12.6 Å². The molecule has 0 bridgehead atoms. The molecule has 2 heterocycles. The summed E-state index contributed by atoms with van der Waals surface area (Å²) in [5, 5.41) is 3.04. The van der Waals surface area contributed by atoms with Crippen molar-refractivity contribution in [2.45, 2.75) is 38.3 Å². The van der Waals surface area contributed by atoms with Crippen LogP contribution in [-0.2, 0) is 16.0 Å². The number of hydrogen-bond donors (Lipinski definition) is 1. The Bertz CT molecular complexity index is 680. The minimum Gasteiger partial charge on any atom is -0.352 e. The summed E-state index contributed by atoms with van der Waals surface area (Å²) in [6.07, 6.45) is 3.19. The van der Waals surface area contributed by atoms with E-state index in [0.29, 0.717) is 12.6 Å². The topological polar surface area (TPSA) is 55.9 Å². The van der Waals surface area contributed by atoms with E-state index in [0.717, 1.165) is 57.7 Å². The largest absolute Gasteiger partial charge is 0.352 e. The summed E-state index contributed by atoms with van der Waals surface area (Å²) in [7, 11) is 0. The fraction of sp³-hybridized carbons (Fsp3) is 0.600. The molecule has 3 aliphatic rings. The third kappa shape index (κ3) is 3.76. The number of piperazine rings is 1. The highest BCUT2D eigenvalue weighted by Gasteiger charge is 2.32. The highest BCUT2D eigenvalue weighted by Crippen LogP contribution is 2.28. The number of anilines is 1. The van der Waals surface area contributed by atoms with Gasteiger partial charge in [-0.3, -0.25) is 19.4 Å². The van der Waals surface area contributed by atoms with Gasteiger partial charge in [-0.15, -0.1) is 0 Å². The number of carbonyl (C=O) groups excluding carboxylic acids is 2. The normalized spacial score (nSPS) is 22.1. The van der Waals surface area contributed by atoms with E-state index in [1.165, 1.54) is 5.56 Å². The molecule has 0 radical (unpaired) electrons. The van der Waals surface area contributed by atoms with Gasteiger partial charge in [0.25, 0.3) is 0 Å². The molecule has 1 aliphatic carbocycles. The van der Waals surface area contributed by atoms with Crippen LogP contribution in [0.15, 0.2) is 24.3 Å². The molecule has 2 fully saturated rings. The molecule has 2 amide bonds. The Morgan fingerprint density at radius 1 is 1.12 bits per heavy atom. The zero-order valence-electron chi connectivity index (χ0n) is 15.5. The van der Waals surface area contributed by atoms with E-state index < -0.39 is 0 Å². The standard InChI is InChI=1S/C20H28N4O2/c1-15(20(26)24-9-8-16-4-2-3-5-18(16)24)23-12-10-22(11-13-23)14-19(25)21-17-6-7-17/h2-5,15,17H,6-14H2,1H3,(H,21,25). The van der Waals surface area contributed by atoms with Gasteiger partial charge in [0.2, 0.25) is 11.8 Å². The van der Waals surface area contributed by atoms with Crippen molar-refractivity contribution in [2.75, 3.05) is 44.2 Å². The number of benzene rings is 1. The molecule has 1 saturated carbocycles. The van der Waals surface area contributed by atoms with E-state index in [9.17, 15) is 9.59 Å². The van der Waals surface area contributed by atoms with Crippen LogP contribution in [0.5, 0.6) is 0 Å². The first-order chi connectivity index (χ1) is 12.6. The fourth-order valence-electron chi connectivity index (χ4n) is 3.96. The number of amides is 2. The number of fused-ring (bicyclic) bond motifs is 1. The Morgan fingerprint density at radius 2 is 1.85 bits per heavy atom. The van der Waals surface area contributed by atoms with Gasteiger partial charge in [-0.05, 0) is 37.8 Å². The number of para-hydroxylation sites is 1. The Kier molecular flexibility index (Phi) is 4.96. The average Bonchev–Trinajstić information content (AvgIpc) is 3.36. The number of nitrogens with one attached hydrogen (secondary N) is 1. The maximum atomic E-state index is 13.0. The zero-order chi connectivity index (χ0) is 18.1. The van der Waals surface area contributed by atoms with E-state index >= 15 is 0 Å². The van der Waals surface area contributed by atoms with Crippen molar-refractivity contribution in [3.8, 4) is 0 Å². The Hall–Kier alpha value is -1.92. The van der Waals surface area contributed by atoms with Crippen LogP contribution in [0, 0.1) is 0 Å². The number of hydrogen-bond acceptors (Lipinski definition) is 4. The first-order valence-electron chi connectivity index (χ1n) is 9.77. The second-order valence-electron chi connectivity index (χ2n) is 7.70. The van der Waals surface area contributed by atoms with Crippen LogP contribution in [0.4, 0.5) is 5.69 Å². The molecular formula is C20H28N4O2. The molecule has 1 unspecified atom stereocenters. The summed E-state index contributed by atoms with van der Waals surface area (Å²) in [6, 6.07) is 8.49. The van der Waals surface area contributed by atoms with Crippen LogP contribution in [-0.4, -0.2) is 73.0 Å². The molecule has 6 heteroatoms. The molecule has 0 aromatic heterocycles. The monoisotopic (exact) mass is 356 g/mol. The molecule has 6 nitrogen and oxygen atoms in total. The lowest BCUT2D eigenvalue weighted by Gasteiger charge is -2.38. The summed E-state index contributed by atoms with van der Waals surface area (Å²) in [5.74, 6) is 0.327. The second-order valence-corrected chi connectivity index (χ2v) is 7.70. The summed E-state index contributed by atoms with van der Waals surface area (Å²) >= 11 is 0. The van der Waals surface area contributed by atoms with E-state index in [2.05, 4.69) is 21.2 Å². The number of carbonyl (C=O) groups is 2. The molecule has 140 valence electrons. The SMILES string of the molecule is CC(C(=O)N1CCc2ccccc21)N1CCN(CC(=O)NC2CC2)CC1. The van der Waals surface area contributed by atoms with Gasteiger partial charge in [0.15, 0.2) is 0 Å². The Morgan fingerprint density at radius 3 is 2.58 bits per heavy atom. The van der Waals surface area contributed by atoms with Gasteiger partial charge in [0.1, 0.15) is 0 Å². The maximum absolute atomic E-state index is 13.0. The van der Waals surface area contributed by atoms with E-state index in [4.69, 9.17) is 0 Å². The molecular weight excluding hydrogens is 328 g/mol. The molecule has 1 saturated heterocycles. The minimum atomic E-state index is -0.122. The van der Waals surface area contributed by atoms with Crippen molar-refractivity contribution < 1.29 is 9.59 Å². The van der Waals surface area contributed by atoms with Crippen molar-refractivity contribution in [1.82, 2.24) is 15.1 Å². The van der Waals surface area contributed by atoms with Crippen LogP contribution in [0.3, 0.4) is 0 Å². The third-order valence-electron chi connectivity index (χ3n) is 5.77. The Labute approximate surface area is 155 Å². The smallest absolute Gasteiger partial charge is 0.244 e. The van der Waals surface area contributed by atoms with Crippen LogP contribution in [0.25, 0.3) is 0 Å².